The Morgan fingerprint density at radius 3 is 2.78 bits per heavy atom. The minimum atomic E-state index is -2.74. The van der Waals surface area contributed by atoms with Crippen molar-refractivity contribution in [1.29, 1.82) is 0 Å². The first-order valence-electron chi connectivity index (χ1n) is 9.94. The van der Waals surface area contributed by atoms with E-state index in [1.165, 1.54) is 28.1 Å². The normalized spacial score (nSPS) is 11.6. The van der Waals surface area contributed by atoms with Gasteiger partial charge in [0.1, 0.15) is 12.2 Å². The van der Waals surface area contributed by atoms with E-state index < -0.39 is 6.43 Å². The fraction of sp³-hybridized carbons (Fsp3) is 0.333. The number of nitrogens with zero attached hydrogens (tertiary/aromatic N) is 6. The number of carbonyl (C=O) groups excluding carboxylic acids is 1. The molecule has 4 aromatic rings. The van der Waals surface area contributed by atoms with Crippen molar-refractivity contribution in [2.75, 3.05) is 7.05 Å². The van der Waals surface area contributed by atoms with E-state index in [-0.39, 0.29) is 41.3 Å². The number of carbonyl (C=O) groups is 1. The van der Waals surface area contributed by atoms with Crippen LogP contribution in [0.2, 0.25) is 5.02 Å². The maximum absolute atomic E-state index is 13.8. The maximum atomic E-state index is 13.8. The molecule has 4 heterocycles. The summed E-state index contributed by atoms with van der Waals surface area (Å²) in [5, 5.41) is 9.20. The van der Waals surface area contributed by atoms with E-state index in [1.54, 1.807) is 30.8 Å². The fourth-order valence-electron chi connectivity index (χ4n) is 3.60. The summed E-state index contributed by atoms with van der Waals surface area (Å²) in [6.45, 7) is 4.24. The minimum absolute atomic E-state index is 0.171. The average molecular weight is 463 g/mol. The van der Waals surface area contributed by atoms with Gasteiger partial charge in [0.25, 0.3) is 6.43 Å². The minimum Gasteiger partial charge on any atom is -0.463 e. The van der Waals surface area contributed by atoms with E-state index in [2.05, 4.69) is 15.2 Å². The standard InChI is InChI=1S/C21H21ClF2N6O2/c1-4-29-16(14(22)9-25-29)10-28(3)18(31)11-30-21-19(12(2)27-30)13(20(23)24)8-15(26-21)17-6-5-7-32-17/h5-9,20H,4,10-11H2,1-3H3. The highest BCUT2D eigenvalue weighted by atomic mass is 35.5. The quantitative estimate of drug-likeness (QED) is 0.405. The monoisotopic (exact) mass is 462 g/mol. The van der Waals surface area contributed by atoms with Gasteiger partial charge in [-0.15, -0.1) is 0 Å². The molecule has 0 saturated carbocycles. The van der Waals surface area contributed by atoms with Gasteiger partial charge in [-0.25, -0.2) is 18.4 Å². The predicted molar refractivity (Wildman–Crippen MR) is 114 cm³/mol. The van der Waals surface area contributed by atoms with Gasteiger partial charge in [-0.3, -0.25) is 9.48 Å². The predicted octanol–water partition coefficient (Wildman–Crippen LogP) is 4.47. The third kappa shape index (κ3) is 3.97. The Morgan fingerprint density at radius 1 is 1.34 bits per heavy atom. The smallest absolute Gasteiger partial charge is 0.264 e. The Bertz CT molecular complexity index is 1270. The van der Waals surface area contributed by atoms with Crippen LogP contribution in [0.1, 0.15) is 30.3 Å². The van der Waals surface area contributed by atoms with Crippen LogP contribution < -0.4 is 0 Å². The number of rotatable bonds is 7. The molecular weight excluding hydrogens is 442 g/mol. The van der Waals surface area contributed by atoms with Crippen molar-refractivity contribution in [1.82, 2.24) is 29.4 Å². The number of amides is 1. The summed E-state index contributed by atoms with van der Waals surface area (Å²) in [4.78, 5) is 18.9. The Hall–Kier alpha value is -3.27. The van der Waals surface area contributed by atoms with Crippen LogP contribution in [0.3, 0.4) is 0 Å². The van der Waals surface area contributed by atoms with Crippen molar-refractivity contribution in [3.05, 3.63) is 52.6 Å². The van der Waals surface area contributed by atoms with Crippen molar-refractivity contribution in [2.24, 2.45) is 0 Å². The van der Waals surface area contributed by atoms with Crippen LogP contribution in [0.4, 0.5) is 8.78 Å². The second-order valence-corrected chi connectivity index (χ2v) is 7.73. The SMILES string of the molecule is CCn1ncc(Cl)c1CN(C)C(=O)Cn1nc(C)c2c(C(F)F)cc(-c3ccco3)nc21. The molecule has 4 aromatic heterocycles. The summed E-state index contributed by atoms with van der Waals surface area (Å²) in [5.41, 5.74) is 1.33. The van der Waals surface area contributed by atoms with E-state index >= 15 is 0 Å². The number of alkyl halides is 2. The molecule has 1 amide bonds. The van der Waals surface area contributed by atoms with Crippen LogP contribution in [0, 0.1) is 6.92 Å². The number of pyridine rings is 1. The van der Waals surface area contributed by atoms with Crippen molar-refractivity contribution >= 4 is 28.5 Å². The number of likely N-dealkylation sites (N-methyl/N-ethyl adjacent to an activating group) is 1. The Kier molecular flexibility index (Phi) is 5.96. The summed E-state index contributed by atoms with van der Waals surface area (Å²) in [6, 6.07) is 4.58. The molecule has 11 heteroatoms. The van der Waals surface area contributed by atoms with Crippen LogP contribution in [0.25, 0.3) is 22.5 Å². The highest BCUT2D eigenvalue weighted by Gasteiger charge is 2.23. The van der Waals surface area contributed by atoms with Crippen molar-refractivity contribution in [3.63, 3.8) is 0 Å². The second-order valence-electron chi connectivity index (χ2n) is 7.32. The van der Waals surface area contributed by atoms with Crippen molar-refractivity contribution in [2.45, 2.75) is 39.9 Å². The van der Waals surface area contributed by atoms with E-state index in [4.69, 9.17) is 16.0 Å². The summed E-state index contributed by atoms with van der Waals surface area (Å²) < 4.78 is 36.0. The van der Waals surface area contributed by atoms with E-state index in [0.717, 1.165) is 0 Å². The molecule has 0 aromatic carbocycles. The third-order valence-electron chi connectivity index (χ3n) is 5.21. The van der Waals surface area contributed by atoms with Crippen LogP contribution in [-0.4, -0.2) is 42.4 Å². The average Bonchev–Trinajstić information content (AvgIpc) is 3.48. The maximum Gasteiger partial charge on any atom is 0.264 e. The molecule has 0 N–H and O–H groups in total. The first-order valence-corrected chi connectivity index (χ1v) is 10.3. The van der Waals surface area contributed by atoms with Crippen LogP contribution in [0.5, 0.6) is 0 Å². The molecule has 0 aliphatic carbocycles. The number of aromatic nitrogens is 5. The molecule has 0 aliphatic rings. The summed E-state index contributed by atoms with van der Waals surface area (Å²) in [5.74, 6) is 0.0724. The van der Waals surface area contributed by atoms with E-state index in [0.29, 0.717) is 28.7 Å². The van der Waals surface area contributed by atoms with Crippen molar-refractivity contribution < 1.29 is 18.0 Å². The summed E-state index contributed by atoms with van der Waals surface area (Å²) in [6.07, 6.45) is 0.242. The first kappa shape index (κ1) is 21.9. The zero-order valence-corrected chi connectivity index (χ0v) is 18.5. The molecule has 0 aliphatic heterocycles. The van der Waals surface area contributed by atoms with E-state index in [1.807, 2.05) is 6.92 Å². The van der Waals surface area contributed by atoms with Gasteiger partial charge in [-0.2, -0.15) is 10.2 Å². The molecule has 4 rings (SSSR count). The molecule has 168 valence electrons. The van der Waals surface area contributed by atoms with Crippen molar-refractivity contribution in [3.8, 4) is 11.5 Å². The number of fused-ring (bicyclic) bond motifs is 1. The molecule has 0 radical (unpaired) electrons. The van der Waals surface area contributed by atoms with Gasteiger partial charge in [0, 0.05) is 19.2 Å². The number of hydrogen-bond donors (Lipinski definition) is 0. The molecular formula is C21H21ClF2N6O2. The molecule has 0 atom stereocenters. The molecule has 0 fully saturated rings. The number of aryl methyl sites for hydroxylation is 2. The highest BCUT2D eigenvalue weighted by Crippen LogP contribution is 2.33. The van der Waals surface area contributed by atoms with Gasteiger partial charge < -0.3 is 9.32 Å². The molecule has 0 spiro atoms. The topological polar surface area (TPSA) is 82.0 Å². The molecule has 0 bridgehead atoms. The molecule has 0 unspecified atom stereocenters. The lowest BCUT2D eigenvalue weighted by Gasteiger charge is -2.18. The Balaban J connectivity index is 1.68. The zero-order chi connectivity index (χ0) is 23.0. The summed E-state index contributed by atoms with van der Waals surface area (Å²) in [7, 11) is 1.64. The molecule has 8 nitrogen and oxygen atoms in total. The Morgan fingerprint density at radius 2 is 2.12 bits per heavy atom. The lowest BCUT2D eigenvalue weighted by Crippen LogP contribution is -2.31. The third-order valence-corrected chi connectivity index (χ3v) is 5.53. The molecule has 32 heavy (non-hydrogen) atoms. The largest absolute Gasteiger partial charge is 0.463 e. The number of hydrogen-bond acceptors (Lipinski definition) is 5. The summed E-state index contributed by atoms with van der Waals surface area (Å²) >= 11 is 6.20. The van der Waals surface area contributed by atoms with Gasteiger partial charge >= 0.3 is 0 Å². The van der Waals surface area contributed by atoms with Gasteiger partial charge in [0.15, 0.2) is 11.4 Å². The van der Waals surface area contributed by atoms with Crippen LogP contribution in [-0.2, 0) is 24.4 Å². The highest BCUT2D eigenvalue weighted by molar-refractivity contribution is 6.31. The number of halogens is 3. The lowest BCUT2D eigenvalue weighted by atomic mass is 10.1. The zero-order valence-electron chi connectivity index (χ0n) is 17.7. The van der Waals surface area contributed by atoms with Gasteiger partial charge in [-0.05, 0) is 32.0 Å². The van der Waals surface area contributed by atoms with Crippen LogP contribution in [0.15, 0.2) is 35.1 Å². The van der Waals surface area contributed by atoms with E-state index in [9.17, 15) is 13.6 Å². The number of furan rings is 1. The van der Waals surface area contributed by atoms with Gasteiger partial charge in [0.05, 0.1) is 40.8 Å². The van der Waals surface area contributed by atoms with Gasteiger partial charge in [-0.1, -0.05) is 11.6 Å². The van der Waals surface area contributed by atoms with Gasteiger partial charge in [0.2, 0.25) is 5.91 Å². The second kappa shape index (κ2) is 8.70. The van der Waals surface area contributed by atoms with Crippen LogP contribution >= 0.6 is 11.6 Å². The lowest BCUT2D eigenvalue weighted by molar-refractivity contribution is -0.131. The Labute approximate surface area is 187 Å². The first-order chi connectivity index (χ1) is 15.3. The molecule has 0 saturated heterocycles. The fourth-order valence-corrected chi connectivity index (χ4v) is 3.80.